The van der Waals surface area contributed by atoms with Gasteiger partial charge >= 0.3 is 5.97 Å². The topological polar surface area (TPSA) is 66.7 Å². The van der Waals surface area contributed by atoms with Crippen molar-refractivity contribution in [2.24, 2.45) is 0 Å². The van der Waals surface area contributed by atoms with Crippen molar-refractivity contribution in [1.29, 1.82) is 0 Å². The number of morpholine rings is 1. The number of rotatable bonds is 3. The summed E-state index contributed by atoms with van der Waals surface area (Å²) in [6.07, 6.45) is 0. The van der Waals surface area contributed by atoms with E-state index in [0.29, 0.717) is 18.9 Å². The van der Waals surface area contributed by atoms with E-state index in [9.17, 15) is 9.90 Å². The second kappa shape index (κ2) is 4.89. The maximum atomic E-state index is 11.3. The van der Waals surface area contributed by atoms with E-state index in [2.05, 4.69) is 10.3 Å². The summed E-state index contributed by atoms with van der Waals surface area (Å²) < 4.78 is 6.96. The minimum atomic E-state index is -0.913. The number of aromatic carboxylic acids is 1. The molecule has 1 aliphatic rings. The van der Waals surface area contributed by atoms with Gasteiger partial charge in [-0.05, 0) is 13.8 Å². The summed E-state index contributed by atoms with van der Waals surface area (Å²) in [6, 6.07) is 0. The largest absolute Gasteiger partial charge is 0.477 e. The van der Waals surface area contributed by atoms with Gasteiger partial charge in [0.2, 0.25) is 0 Å². The molecular weight excluding hydrogens is 234 g/mol. The fourth-order valence-corrected chi connectivity index (χ4v) is 2.61. The molecule has 0 radical (unpaired) electrons. The zero-order valence-electron chi connectivity index (χ0n) is 11.0. The zero-order chi connectivity index (χ0) is 13.3. The van der Waals surface area contributed by atoms with E-state index in [1.54, 1.807) is 11.7 Å². The Morgan fingerprint density at radius 3 is 2.39 bits per heavy atom. The Morgan fingerprint density at radius 2 is 1.94 bits per heavy atom. The average Bonchev–Trinajstić information content (AvgIpc) is 2.61. The van der Waals surface area contributed by atoms with Crippen LogP contribution in [0.4, 0.5) is 5.69 Å². The summed E-state index contributed by atoms with van der Waals surface area (Å²) in [4.78, 5) is 13.5. The number of nitrogens with one attached hydrogen (secondary N) is 1. The van der Waals surface area contributed by atoms with Gasteiger partial charge in [0.25, 0.3) is 0 Å². The lowest BCUT2D eigenvalue weighted by atomic mass is 10.2. The number of hydrogen-bond donors (Lipinski definition) is 2. The first-order valence-corrected chi connectivity index (χ1v) is 6.03. The second-order valence-electron chi connectivity index (χ2n) is 4.37. The van der Waals surface area contributed by atoms with E-state index >= 15 is 0 Å². The highest BCUT2D eigenvalue weighted by Crippen LogP contribution is 2.30. The van der Waals surface area contributed by atoms with Gasteiger partial charge in [-0.2, -0.15) is 0 Å². The van der Waals surface area contributed by atoms with E-state index in [0.717, 1.165) is 30.0 Å². The predicted molar refractivity (Wildman–Crippen MR) is 69.2 cm³/mol. The van der Waals surface area contributed by atoms with Crippen molar-refractivity contribution in [3.63, 3.8) is 0 Å². The summed E-state index contributed by atoms with van der Waals surface area (Å²) >= 11 is 0. The highest BCUT2D eigenvalue weighted by Gasteiger charge is 2.26. The fourth-order valence-electron chi connectivity index (χ4n) is 2.61. The van der Waals surface area contributed by atoms with Crippen LogP contribution in [0.25, 0.3) is 0 Å². The smallest absolute Gasteiger partial charge is 0.354 e. The van der Waals surface area contributed by atoms with E-state index in [4.69, 9.17) is 4.74 Å². The minimum absolute atomic E-state index is 0.302. The third-order valence-electron chi connectivity index (χ3n) is 3.37. The first-order valence-electron chi connectivity index (χ1n) is 6.03. The molecule has 2 heterocycles. The molecule has 6 heteroatoms. The van der Waals surface area contributed by atoms with Crippen LogP contribution in [-0.2, 0) is 4.74 Å². The van der Waals surface area contributed by atoms with Gasteiger partial charge in [-0.3, -0.25) is 4.68 Å². The molecule has 6 nitrogen and oxygen atoms in total. The molecule has 1 saturated heterocycles. The Morgan fingerprint density at radius 1 is 1.33 bits per heavy atom. The van der Waals surface area contributed by atoms with Gasteiger partial charge in [0, 0.05) is 25.7 Å². The second-order valence-corrected chi connectivity index (χ2v) is 4.37. The summed E-state index contributed by atoms with van der Waals surface area (Å²) in [7, 11) is 1.72. The van der Waals surface area contributed by atoms with Gasteiger partial charge in [0.1, 0.15) is 0 Å². The molecule has 0 aromatic carbocycles. The van der Waals surface area contributed by atoms with Crippen molar-refractivity contribution in [3.8, 4) is 0 Å². The van der Waals surface area contributed by atoms with Gasteiger partial charge in [-0.15, -0.1) is 0 Å². The molecule has 0 saturated carbocycles. The number of nitrogens with zero attached hydrogens (tertiary/aromatic N) is 2. The van der Waals surface area contributed by atoms with E-state index in [1.165, 1.54) is 0 Å². The minimum Gasteiger partial charge on any atom is -0.477 e. The lowest BCUT2D eigenvalue weighted by Crippen LogP contribution is -2.36. The number of carboxylic acid groups (broad SMARTS) is 1. The van der Waals surface area contributed by atoms with E-state index < -0.39 is 5.97 Å². The molecule has 0 atom stereocenters. The Hall–Kier alpha value is -1.69. The fraction of sp³-hybridized carbons (Fsp3) is 0.583. The maximum absolute atomic E-state index is 11.3. The van der Waals surface area contributed by atoms with Crippen molar-refractivity contribution in [2.75, 3.05) is 43.7 Å². The van der Waals surface area contributed by atoms with Gasteiger partial charge in [0.05, 0.1) is 24.6 Å². The summed E-state index contributed by atoms with van der Waals surface area (Å²) in [6.45, 7) is 6.76. The zero-order valence-corrected chi connectivity index (χ0v) is 11.0. The average molecular weight is 253 g/mol. The molecule has 0 bridgehead atoms. The Balaban J connectivity index is 2.50. The lowest BCUT2D eigenvalue weighted by Gasteiger charge is -2.29. The molecule has 2 rings (SSSR count). The van der Waals surface area contributed by atoms with Gasteiger partial charge in [0.15, 0.2) is 5.69 Å². The highest BCUT2D eigenvalue weighted by molar-refractivity contribution is 5.91. The highest BCUT2D eigenvalue weighted by atomic mass is 16.5. The first kappa shape index (κ1) is 12.8. The third kappa shape index (κ3) is 1.92. The number of carboxylic acids is 1. The summed E-state index contributed by atoms with van der Waals surface area (Å²) in [5, 5.41) is 9.31. The Labute approximate surface area is 106 Å². The molecule has 0 aliphatic carbocycles. The van der Waals surface area contributed by atoms with Crippen molar-refractivity contribution in [2.45, 2.75) is 13.8 Å². The normalized spacial score (nSPS) is 15.8. The quantitative estimate of drug-likeness (QED) is 0.834. The molecule has 0 spiro atoms. The molecule has 0 amide bonds. The molecule has 1 aliphatic heterocycles. The molecule has 100 valence electrons. The number of anilines is 1. The van der Waals surface area contributed by atoms with Crippen LogP contribution in [0.2, 0.25) is 0 Å². The van der Waals surface area contributed by atoms with Crippen LogP contribution in [0.1, 0.15) is 21.7 Å². The van der Waals surface area contributed by atoms with Crippen LogP contribution in [0.3, 0.4) is 0 Å². The first-order chi connectivity index (χ1) is 8.57. The summed E-state index contributed by atoms with van der Waals surface area (Å²) in [5.74, 6) is -0.913. The molecule has 18 heavy (non-hydrogen) atoms. The summed E-state index contributed by atoms with van der Waals surface area (Å²) in [5.41, 5.74) is 5.96. The van der Waals surface area contributed by atoms with Crippen LogP contribution < -0.4 is 10.3 Å². The van der Waals surface area contributed by atoms with Crippen molar-refractivity contribution >= 4 is 11.7 Å². The van der Waals surface area contributed by atoms with Crippen molar-refractivity contribution < 1.29 is 14.6 Å². The number of hydrogen-bond acceptors (Lipinski definition) is 4. The van der Waals surface area contributed by atoms with Crippen molar-refractivity contribution in [3.05, 3.63) is 17.0 Å². The maximum Gasteiger partial charge on any atom is 0.354 e. The monoisotopic (exact) mass is 253 g/mol. The van der Waals surface area contributed by atoms with Crippen LogP contribution in [-0.4, -0.2) is 49.1 Å². The lowest BCUT2D eigenvalue weighted by molar-refractivity contribution is 0.0686. The standard InChI is InChI=1S/C12H19N3O3/c1-8-10(14-4-6-18-7-5-14)9(2)15(13-3)11(8)12(16)17/h13H,4-7H2,1-3H3,(H,16,17). The Bertz CT molecular complexity index is 462. The molecule has 1 fully saturated rings. The molecular formula is C12H19N3O3. The van der Waals surface area contributed by atoms with Crippen LogP contribution in [0.5, 0.6) is 0 Å². The van der Waals surface area contributed by atoms with Gasteiger partial charge in [-0.1, -0.05) is 0 Å². The SMILES string of the molecule is CNn1c(C)c(N2CCOCC2)c(C)c1C(=O)O. The van der Waals surface area contributed by atoms with Gasteiger partial charge < -0.3 is 20.2 Å². The van der Waals surface area contributed by atoms with Crippen LogP contribution >= 0.6 is 0 Å². The Kier molecular flexibility index (Phi) is 3.47. The van der Waals surface area contributed by atoms with E-state index in [1.807, 2.05) is 13.8 Å². The predicted octanol–water partition coefficient (Wildman–Crippen LogP) is 0.813. The van der Waals surface area contributed by atoms with Crippen molar-refractivity contribution in [1.82, 2.24) is 4.68 Å². The number of ether oxygens (including phenoxy) is 1. The third-order valence-corrected chi connectivity index (χ3v) is 3.37. The number of carbonyl (C=O) groups is 1. The molecule has 0 unspecified atom stereocenters. The molecule has 1 aromatic rings. The van der Waals surface area contributed by atoms with Crippen LogP contribution in [0.15, 0.2) is 0 Å². The van der Waals surface area contributed by atoms with E-state index in [-0.39, 0.29) is 0 Å². The molecule has 2 N–H and O–H groups in total. The van der Waals surface area contributed by atoms with Crippen LogP contribution in [0, 0.1) is 13.8 Å². The molecule has 1 aromatic heterocycles. The van der Waals surface area contributed by atoms with Gasteiger partial charge in [-0.25, -0.2) is 4.79 Å². The number of aromatic nitrogens is 1.